The van der Waals surface area contributed by atoms with Crippen molar-refractivity contribution in [3.63, 3.8) is 0 Å². The van der Waals surface area contributed by atoms with Gasteiger partial charge in [-0.1, -0.05) is 25.1 Å². The predicted octanol–water partition coefficient (Wildman–Crippen LogP) is 5.18. The zero-order valence-electron chi connectivity index (χ0n) is 15.4. The maximum absolute atomic E-state index is 14.7. The van der Waals surface area contributed by atoms with E-state index in [9.17, 15) is 13.2 Å². The molecule has 0 aliphatic carbocycles. The molecule has 4 nitrogen and oxygen atoms in total. The zero-order chi connectivity index (χ0) is 19.7. The quantitative estimate of drug-likeness (QED) is 0.646. The van der Waals surface area contributed by atoms with Crippen LogP contribution in [0.15, 0.2) is 30.3 Å². The van der Waals surface area contributed by atoms with Gasteiger partial charge in [-0.25, -0.2) is 23.1 Å². The van der Waals surface area contributed by atoms with Crippen LogP contribution in [0.2, 0.25) is 0 Å². The van der Waals surface area contributed by atoms with E-state index in [1.54, 1.807) is 13.8 Å². The smallest absolute Gasteiger partial charge is 0.266 e. The molecule has 1 atom stereocenters. The predicted molar refractivity (Wildman–Crippen MR) is 102 cm³/mol. The van der Waals surface area contributed by atoms with Gasteiger partial charge in [-0.2, -0.15) is 0 Å². The Balaban J connectivity index is 2.25. The Morgan fingerprint density at radius 1 is 1.11 bits per heavy atom. The van der Waals surface area contributed by atoms with E-state index in [1.807, 2.05) is 19.1 Å². The van der Waals surface area contributed by atoms with Gasteiger partial charge < -0.3 is 11.1 Å². The SMILES string of the molecule is CCNc1cc(C(C)c2cccc(C(F)F)c2F)c2c(N)nc(C)nc2c1. The van der Waals surface area contributed by atoms with Crippen molar-refractivity contribution >= 4 is 22.4 Å². The van der Waals surface area contributed by atoms with Crippen LogP contribution in [0.4, 0.5) is 24.7 Å². The summed E-state index contributed by atoms with van der Waals surface area (Å²) in [7, 11) is 0. The van der Waals surface area contributed by atoms with Crippen molar-refractivity contribution in [2.75, 3.05) is 17.6 Å². The van der Waals surface area contributed by atoms with E-state index >= 15 is 0 Å². The highest BCUT2D eigenvalue weighted by Crippen LogP contribution is 2.37. The molecule has 0 aliphatic rings. The lowest BCUT2D eigenvalue weighted by atomic mass is 9.88. The minimum Gasteiger partial charge on any atom is -0.385 e. The number of benzene rings is 2. The highest BCUT2D eigenvalue weighted by molar-refractivity contribution is 5.94. The van der Waals surface area contributed by atoms with Crippen molar-refractivity contribution in [3.05, 3.63) is 58.7 Å². The molecule has 3 N–H and O–H groups in total. The standard InChI is InChI=1S/C20H21F3N4/c1-4-25-12-8-15(17-16(9-12)26-11(3)27-20(17)24)10(2)13-6-5-7-14(18(13)21)19(22)23/h5-10,19,25H,4H2,1-3H3,(H2,24,26,27). The van der Waals surface area contributed by atoms with Crippen LogP contribution in [-0.4, -0.2) is 16.5 Å². The van der Waals surface area contributed by atoms with Crippen LogP contribution < -0.4 is 11.1 Å². The van der Waals surface area contributed by atoms with Gasteiger partial charge in [0.2, 0.25) is 0 Å². The molecule has 0 saturated carbocycles. The molecule has 0 saturated heterocycles. The van der Waals surface area contributed by atoms with Gasteiger partial charge in [-0.3, -0.25) is 0 Å². The zero-order valence-corrected chi connectivity index (χ0v) is 15.4. The van der Waals surface area contributed by atoms with E-state index in [2.05, 4.69) is 15.3 Å². The molecule has 27 heavy (non-hydrogen) atoms. The number of alkyl halides is 2. The van der Waals surface area contributed by atoms with Crippen LogP contribution in [0, 0.1) is 12.7 Å². The molecule has 0 amide bonds. The Morgan fingerprint density at radius 3 is 2.48 bits per heavy atom. The van der Waals surface area contributed by atoms with E-state index < -0.39 is 23.7 Å². The summed E-state index contributed by atoms with van der Waals surface area (Å²) in [6.45, 7) is 6.15. The van der Waals surface area contributed by atoms with E-state index in [-0.39, 0.29) is 11.4 Å². The monoisotopic (exact) mass is 374 g/mol. The van der Waals surface area contributed by atoms with Gasteiger partial charge in [0.15, 0.2) is 0 Å². The molecule has 2 aromatic carbocycles. The van der Waals surface area contributed by atoms with E-state index in [0.29, 0.717) is 28.8 Å². The molecular formula is C20H21F3N4. The van der Waals surface area contributed by atoms with Gasteiger partial charge in [-0.15, -0.1) is 0 Å². The average Bonchev–Trinajstić information content (AvgIpc) is 2.60. The van der Waals surface area contributed by atoms with Crippen LogP contribution in [0.3, 0.4) is 0 Å². The summed E-state index contributed by atoms with van der Waals surface area (Å²) in [5.41, 5.74) is 7.82. The number of nitrogens with two attached hydrogens (primary N) is 1. The molecule has 3 rings (SSSR count). The molecule has 0 bridgehead atoms. The average molecular weight is 374 g/mol. The summed E-state index contributed by atoms with van der Waals surface area (Å²) in [5.74, 6) is -0.599. The number of nitrogens with zero attached hydrogens (tertiary/aromatic N) is 2. The van der Waals surface area contributed by atoms with Crippen molar-refractivity contribution in [2.24, 2.45) is 0 Å². The summed E-state index contributed by atoms with van der Waals surface area (Å²) in [5, 5.41) is 3.82. The number of anilines is 2. The number of hydrogen-bond acceptors (Lipinski definition) is 4. The van der Waals surface area contributed by atoms with Crippen LogP contribution in [0.25, 0.3) is 10.9 Å². The number of nitrogens with one attached hydrogen (secondary N) is 1. The minimum absolute atomic E-state index is 0.183. The molecule has 1 unspecified atom stereocenters. The molecule has 0 radical (unpaired) electrons. The molecular weight excluding hydrogens is 353 g/mol. The lowest BCUT2D eigenvalue weighted by molar-refractivity contribution is 0.146. The van der Waals surface area contributed by atoms with Crippen molar-refractivity contribution in [2.45, 2.75) is 33.1 Å². The van der Waals surface area contributed by atoms with Gasteiger partial charge in [0.25, 0.3) is 6.43 Å². The largest absolute Gasteiger partial charge is 0.385 e. The van der Waals surface area contributed by atoms with Gasteiger partial charge in [0.1, 0.15) is 17.5 Å². The fraction of sp³-hybridized carbons (Fsp3) is 0.300. The van der Waals surface area contributed by atoms with E-state index in [0.717, 1.165) is 11.8 Å². The third-order valence-corrected chi connectivity index (χ3v) is 4.58. The molecule has 3 aromatic rings. The first-order valence-electron chi connectivity index (χ1n) is 8.71. The maximum Gasteiger partial charge on any atom is 0.266 e. The number of fused-ring (bicyclic) bond motifs is 1. The van der Waals surface area contributed by atoms with E-state index in [1.165, 1.54) is 12.1 Å². The fourth-order valence-electron chi connectivity index (χ4n) is 3.33. The second-order valence-corrected chi connectivity index (χ2v) is 6.42. The Labute approximate surface area is 155 Å². The normalized spacial score (nSPS) is 12.6. The molecule has 0 aliphatic heterocycles. The number of aromatic nitrogens is 2. The summed E-state index contributed by atoms with van der Waals surface area (Å²) in [6.07, 6.45) is -2.88. The van der Waals surface area contributed by atoms with Gasteiger partial charge >= 0.3 is 0 Å². The van der Waals surface area contributed by atoms with Gasteiger partial charge in [-0.05, 0) is 37.1 Å². The highest BCUT2D eigenvalue weighted by Gasteiger charge is 2.23. The molecule has 1 aromatic heterocycles. The molecule has 0 fully saturated rings. The van der Waals surface area contributed by atoms with Crippen molar-refractivity contribution < 1.29 is 13.2 Å². The first kappa shape index (κ1) is 18.9. The number of hydrogen-bond donors (Lipinski definition) is 2. The van der Waals surface area contributed by atoms with Crippen molar-refractivity contribution in [1.29, 1.82) is 0 Å². The van der Waals surface area contributed by atoms with Gasteiger partial charge in [0.05, 0.1) is 11.1 Å². The summed E-state index contributed by atoms with van der Waals surface area (Å²) < 4.78 is 40.9. The van der Waals surface area contributed by atoms with Crippen LogP contribution in [0.1, 0.15) is 48.7 Å². The Morgan fingerprint density at radius 2 is 1.81 bits per heavy atom. The summed E-state index contributed by atoms with van der Waals surface area (Å²) in [6, 6.07) is 7.76. The van der Waals surface area contributed by atoms with Crippen molar-refractivity contribution in [3.8, 4) is 0 Å². The third-order valence-electron chi connectivity index (χ3n) is 4.58. The molecule has 1 heterocycles. The molecule has 7 heteroatoms. The summed E-state index contributed by atoms with van der Waals surface area (Å²) >= 11 is 0. The first-order valence-corrected chi connectivity index (χ1v) is 8.71. The second kappa shape index (κ2) is 7.42. The number of halogens is 3. The van der Waals surface area contributed by atoms with Crippen LogP contribution in [0.5, 0.6) is 0 Å². The van der Waals surface area contributed by atoms with E-state index in [4.69, 9.17) is 5.73 Å². The maximum atomic E-state index is 14.7. The van der Waals surface area contributed by atoms with Crippen LogP contribution >= 0.6 is 0 Å². The summed E-state index contributed by atoms with van der Waals surface area (Å²) in [4.78, 5) is 8.65. The Bertz CT molecular complexity index is 989. The second-order valence-electron chi connectivity index (χ2n) is 6.42. The number of nitrogen functional groups attached to an aromatic ring is 1. The minimum atomic E-state index is -2.88. The topological polar surface area (TPSA) is 63.8 Å². The number of aryl methyl sites for hydroxylation is 1. The van der Waals surface area contributed by atoms with Gasteiger partial charge in [0, 0.05) is 23.5 Å². The Hall–Kier alpha value is -2.83. The lowest BCUT2D eigenvalue weighted by Gasteiger charge is -2.19. The first-order chi connectivity index (χ1) is 12.8. The molecule has 142 valence electrons. The number of rotatable bonds is 5. The highest BCUT2D eigenvalue weighted by atomic mass is 19.3. The third kappa shape index (κ3) is 3.54. The van der Waals surface area contributed by atoms with Crippen LogP contribution in [-0.2, 0) is 0 Å². The van der Waals surface area contributed by atoms with Crippen molar-refractivity contribution in [1.82, 2.24) is 9.97 Å². The Kier molecular flexibility index (Phi) is 5.21. The fourth-order valence-corrected chi connectivity index (χ4v) is 3.33. The molecule has 0 spiro atoms. The lowest BCUT2D eigenvalue weighted by Crippen LogP contribution is -2.08.